The van der Waals surface area contributed by atoms with Gasteiger partial charge < -0.3 is 15.5 Å². The molecule has 1 aromatic heterocycles. The van der Waals surface area contributed by atoms with Crippen LogP contribution in [0.4, 0.5) is 5.69 Å². The lowest BCUT2D eigenvalue weighted by Gasteiger charge is -2.34. The van der Waals surface area contributed by atoms with Gasteiger partial charge in [0.05, 0.1) is 17.6 Å². The van der Waals surface area contributed by atoms with Crippen LogP contribution in [0, 0.1) is 15.5 Å². The number of aliphatic hydroxyl groups is 2. The second-order valence-electron chi connectivity index (χ2n) is 6.73. The van der Waals surface area contributed by atoms with E-state index < -0.39 is 16.4 Å². The molecule has 0 fully saturated rings. The summed E-state index contributed by atoms with van der Waals surface area (Å²) < 4.78 is 1.35. The largest absolute Gasteiger partial charge is 0.396 e. The average Bonchev–Trinajstić information content (AvgIpc) is 3.04. The minimum Gasteiger partial charge on any atom is -0.396 e. The minimum atomic E-state index is -0.778. The van der Waals surface area contributed by atoms with E-state index in [4.69, 9.17) is 0 Å². The molecular weight excluding hydrogens is 324 g/mol. The quantitative estimate of drug-likeness (QED) is 0.467. The molecule has 3 N–H and O–H groups in total. The highest BCUT2D eigenvalue weighted by Gasteiger charge is 2.30. The first kappa shape index (κ1) is 19.0. The van der Waals surface area contributed by atoms with Crippen LogP contribution in [0.3, 0.4) is 0 Å². The lowest BCUT2D eigenvalue weighted by Crippen LogP contribution is -2.41. The van der Waals surface area contributed by atoms with Crippen molar-refractivity contribution < 1.29 is 15.1 Å². The van der Waals surface area contributed by atoms with E-state index in [9.17, 15) is 20.3 Å². The fraction of sp³-hybridized carbons (Fsp3) is 0.471. The maximum atomic E-state index is 10.7. The van der Waals surface area contributed by atoms with Gasteiger partial charge in [0.2, 0.25) is 0 Å². The smallest absolute Gasteiger partial charge is 0.306 e. The molecule has 0 bridgehead atoms. The van der Waals surface area contributed by atoms with Gasteiger partial charge in [-0.25, -0.2) is 0 Å². The molecule has 0 saturated heterocycles. The second-order valence-corrected chi connectivity index (χ2v) is 6.73. The van der Waals surface area contributed by atoms with E-state index >= 15 is 0 Å². The van der Waals surface area contributed by atoms with E-state index in [-0.39, 0.29) is 31.4 Å². The molecule has 25 heavy (non-hydrogen) atoms. The number of nitrogens with zero attached hydrogens (tertiary/aromatic N) is 3. The molecule has 0 spiro atoms. The Morgan fingerprint density at radius 1 is 1.36 bits per heavy atom. The van der Waals surface area contributed by atoms with Crippen molar-refractivity contribution in [2.45, 2.75) is 32.5 Å². The van der Waals surface area contributed by atoms with Crippen molar-refractivity contribution in [3.63, 3.8) is 0 Å². The normalized spacial score (nSPS) is 14.2. The lowest BCUT2D eigenvalue weighted by atomic mass is 9.81. The van der Waals surface area contributed by atoms with Crippen LogP contribution in [0.5, 0.6) is 0 Å². The van der Waals surface area contributed by atoms with Crippen LogP contribution < -0.4 is 5.32 Å². The number of hydrogen-bond donors (Lipinski definition) is 3. The lowest BCUT2D eigenvalue weighted by molar-refractivity contribution is -0.385. The van der Waals surface area contributed by atoms with Crippen molar-refractivity contribution in [3.05, 3.63) is 58.4 Å². The Labute approximate surface area is 146 Å². The summed E-state index contributed by atoms with van der Waals surface area (Å²) in [7, 11) is 0. The molecule has 2 atom stereocenters. The van der Waals surface area contributed by atoms with Gasteiger partial charge in [-0.15, -0.1) is 0 Å². The Hall–Kier alpha value is -2.29. The molecule has 1 heterocycles. The highest BCUT2D eigenvalue weighted by Crippen LogP contribution is 2.32. The first-order valence-corrected chi connectivity index (χ1v) is 8.07. The van der Waals surface area contributed by atoms with Crippen molar-refractivity contribution >= 4 is 5.69 Å². The molecule has 0 saturated carbocycles. The minimum absolute atomic E-state index is 0.0129. The SMILES string of the molecule is CC(C)(CO)[C@H](NC[C@@H](O)Cn1cc([N+](=O)[O-])cn1)c1ccccc1. The Kier molecular flexibility index (Phi) is 6.24. The number of benzene rings is 1. The highest BCUT2D eigenvalue weighted by atomic mass is 16.6. The Morgan fingerprint density at radius 2 is 2.04 bits per heavy atom. The summed E-state index contributed by atoms with van der Waals surface area (Å²) in [6.07, 6.45) is 1.66. The number of aliphatic hydroxyl groups excluding tert-OH is 2. The Bertz CT molecular complexity index is 687. The van der Waals surface area contributed by atoms with Gasteiger partial charge in [-0.3, -0.25) is 14.8 Å². The predicted octanol–water partition coefficient (Wildman–Crippen LogP) is 1.50. The zero-order valence-electron chi connectivity index (χ0n) is 14.4. The van der Waals surface area contributed by atoms with Gasteiger partial charge in [-0.2, -0.15) is 5.10 Å². The number of rotatable bonds is 9. The van der Waals surface area contributed by atoms with Gasteiger partial charge >= 0.3 is 5.69 Å². The first-order valence-electron chi connectivity index (χ1n) is 8.07. The van der Waals surface area contributed by atoms with Crippen LogP contribution in [0.25, 0.3) is 0 Å². The van der Waals surface area contributed by atoms with E-state index in [1.807, 2.05) is 44.2 Å². The standard InChI is InChI=1S/C17H24N4O4/c1-17(2,12-22)16(13-6-4-3-5-7-13)18-9-15(23)11-20-10-14(8-19-20)21(24)25/h3-8,10,15-16,18,22-23H,9,11-12H2,1-2H3/t15-,16-/m1/s1. The summed E-state index contributed by atoms with van der Waals surface area (Å²) in [6.45, 7) is 4.28. The second kappa shape index (κ2) is 8.19. The van der Waals surface area contributed by atoms with Crippen molar-refractivity contribution in [3.8, 4) is 0 Å². The number of aromatic nitrogens is 2. The Morgan fingerprint density at radius 3 is 2.60 bits per heavy atom. The Balaban J connectivity index is 2.00. The van der Waals surface area contributed by atoms with Crippen molar-refractivity contribution in [1.82, 2.24) is 15.1 Å². The summed E-state index contributed by atoms with van der Waals surface area (Å²) in [5.41, 5.74) is 0.484. The van der Waals surface area contributed by atoms with Crippen molar-refractivity contribution in [2.75, 3.05) is 13.2 Å². The number of hydrogen-bond acceptors (Lipinski definition) is 6. The fourth-order valence-corrected chi connectivity index (χ4v) is 2.66. The molecule has 8 heteroatoms. The molecule has 0 unspecified atom stereocenters. The third kappa shape index (κ3) is 5.09. The van der Waals surface area contributed by atoms with Gasteiger partial charge in [0.1, 0.15) is 12.4 Å². The molecule has 0 aliphatic rings. The van der Waals surface area contributed by atoms with Gasteiger partial charge in [0.15, 0.2) is 0 Å². The zero-order chi connectivity index (χ0) is 18.4. The third-order valence-electron chi connectivity index (χ3n) is 4.11. The van der Waals surface area contributed by atoms with E-state index in [1.54, 1.807) is 0 Å². The van der Waals surface area contributed by atoms with Crippen molar-refractivity contribution in [1.29, 1.82) is 0 Å². The molecule has 8 nitrogen and oxygen atoms in total. The third-order valence-corrected chi connectivity index (χ3v) is 4.11. The molecular formula is C17H24N4O4. The van der Waals surface area contributed by atoms with Crippen LogP contribution in [-0.4, -0.2) is 44.2 Å². The average molecular weight is 348 g/mol. The van der Waals surface area contributed by atoms with E-state index in [0.717, 1.165) is 11.8 Å². The summed E-state index contributed by atoms with van der Waals surface area (Å²) >= 11 is 0. The van der Waals surface area contributed by atoms with Crippen molar-refractivity contribution in [2.24, 2.45) is 5.41 Å². The molecule has 0 aliphatic carbocycles. The fourth-order valence-electron chi connectivity index (χ4n) is 2.66. The highest BCUT2D eigenvalue weighted by molar-refractivity contribution is 5.21. The molecule has 1 aromatic carbocycles. The summed E-state index contributed by atoms with van der Waals surface area (Å²) in [5, 5.41) is 37.8. The molecule has 2 aromatic rings. The van der Waals surface area contributed by atoms with Crippen LogP contribution in [0.2, 0.25) is 0 Å². The summed E-state index contributed by atoms with van der Waals surface area (Å²) in [4.78, 5) is 10.1. The van der Waals surface area contributed by atoms with Crippen LogP contribution >= 0.6 is 0 Å². The van der Waals surface area contributed by atoms with E-state index in [0.29, 0.717) is 0 Å². The molecule has 2 rings (SSSR count). The number of nitro groups is 1. The van der Waals surface area contributed by atoms with Crippen LogP contribution in [0.1, 0.15) is 25.5 Å². The molecule has 0 amide bonds. The van der Waals surface area contributed by atoms with Crippen LogP contribution in [-0.2, 0) is 6.54 Å². The van der Waals surface area contributed by atoms with E-state index in [1.165, 1.54) is 10.9 Å². The molecule has 0 radical (unpaired) electrons. The number of nitrogens with one attached hydrogen (secondary N) is 1. The van der Waals surface area contributed by atoms with Crippen LogP contribution in [0.15, 0.2) is 42.7 Å². The summed E-state index contributed by atoms with van der Waals surface area (Å²) in [5.74, 6) is 0. The van der Waals surface area contributed by atoms with E-state index in [2.05, 4.69) is 10.4 Å². The van der Waals surface area contributed by atoms with Gasteiger partial charge in [-0.05, 0) is 5.56 Å². The van der Waals surface area contributed by atoms with Gasteiger partial charge in [-0.1, -0.05) is 44.2 Å². The van der Waals surface area contributed by atoms with Gasteiger partial charge in [0.25, 0.3) is 0 Å². The zero-order valence-corrected chi connectivity index (χ0v) is 14.4. The molecule has 0 aliphatic heterocycles. The molecule has 136 valence electrons. The first-order chi connectivity index (χ1) is 11.8. The summed E-state index contributed by atoms with van der Waals surface area (Å²) in [6, 6.07) is 9.57. The van der Waals surface area contributed by atoms with Gasteiger partial charge in [0, 0.05) is 24.6 Å². The topological polar surface area (TPSA) is 113 Å². The maximum Gasteiger partial charge on any atom is 0.306 e. The maximum absolute atomic E-state index is 10.7. The monoisotopic (exact) mass is 348 g/mol. The predicted molar refractivity (Wildman–Crippen MR) is 92.9 cm³/mol.